The summed E-state index contributed by atoms with van der Waals surface area (Å²) in [6.45, 7) is 5.44. The average Bonchev–Trinajstić information content (AvgIpc) is 1.85. The van der Waals surface area contributed by atoms with Crippen LogP contribution in [0, 0.1) is 11.3 Å². The first-order valence-corrected chi connectivity index (χ1v) is 5.37. The Kier molecular flexibility index (Phi) is 3.68. The summed E-state index contributed by atoms with van der Waals surface area (Å²) in [4.78, 5) is 0. The van der Waals surface area contributed by atoms with Gasteiger partial charge in [0.1, 0.15) is 0 Å². The lowest BCUT2D eigenvalue weighted by atomic mass is 10.0. The Labute approximate surface area is 73.6 Å². The number of hydrogen-bond acceptors (Lipinski definition) is 3. The number of nitrogens with one attached hydrogen (secondary N) is 1. The number of nitrogens with zero attached hydrogens (tertiary/aromatic N) is 1. The van der Waals surface area contributed by atoms with Gasteiger partial charge in [0, 0.05) is 5.54 Å². The summed E-state index contributed by atoms with van der Waals surface area (Å²) in [7, 11) is -3.41. The highest BCUT2D eigenvalue weighted by Gasteiger charge is 2.22. The molecule has 1 N–H and O–H groups in total. The Morgan fingerprint density at radius 3 is 2.33 bits per heavy atom. The second kappa shape index (κ2) is 3.87. The van der Waals surface area contributed by atoms with Crippen molar-refractivity contribution in [3.8, 4) is 6.07 Å². The molecular weight excluding hydrogens is 176 g/mol. The maximum Gasteiger partial charge on any atom is 0.225 e. The van der Waals surface area contributed by atoms with Crippen LogP contribution in [0.5, 0.6) is 0 Å². The molecule has 0 amide bonds. The molecule has 0 heterocycles. The monoisotopic (exact) mass is 190 g/mol. The Hall–Kier alpha value is -0.600. The van der Waals surface area contributed by atoms with Crippen LogP contribution in [0.15, 0.2) is 0 Å². The van der Waals surface area contributed by atoms with Crippen molar-refractivity contribution in [2.75, 3.05) is 5.75 Å². The van der Waals surface area contributed by atoms with Crippen LogP contribution in [-0.4, -0.2) is 19.7 Å². The van der Waals surface area contributed by atoms with Gasteiger partial charge in [-0.3, -0.25) is 0 Å². The Morgan fingerprint density at radius 2 is 2.00 bits per heavy atom. The van der Waals surface area contributed by atoms with Gasteiger partial charge in [-0.05, 0) is 20.3 Å². The number of rotatable bonds is 4. The van der Waals surface area contributed by atoms with Crippen molar-refractivity contribution in [2.45, 2.75) is 32.7 Å². The zero-order chi connectivity index (χ0) is 9.83. The average molecular weight is 190 g/mol. The minimum Gasteiger partial charge on any atom is -0.211 e. The van der Waals surface area contributed by atoms with Crippen molar-refractivity contribution in [1.82, 2.24) is 4.72 Å². The predicted octanol–water partition coefficient (Wildman–Crippen LogP) is 0.618. The first-order valence-electron chi connectivity index (χ1n) is 3.71. The third-order valence-corrected chi connectivity index (χ3v) is 2.94. The molecule has 0 bridgehead atoms. The van der Waals surface area contributed by atoms with Crippen LogP contribution in [0.3, 0.4) is 0 Å². The van der Waals surface area contributed by atoms with Crippen LogP contribution in [-0.2, 0) is 10.0 Å². The van der Waals surface area contributed by atoms with Crippen molar-refractivity contribution in [3.63, 3.8) is 0 Å². The molecule has 0 atom stereocenters. The molecule has 70 valence electrons. The van der Waals surface area contributed by atoms with Crippen molar-refractivity contribution >= 4 is 10.0 Å². The SMILES string of the molecule is CCC(C)(C)NS(=O)(=O)CC#N. The third kappa shape index (κ3) is 4.31. The summed E-state index contributed by atoms with van der Waals surface area (Å²) < 4.78 is 24.6. The van der Waals surface area contributed by atoms with Gasteiger partial charge in [0.15, 0.2) is 5.75 Å². The largest absolute Gasteiger partial charge is 0.225 e. The lowest BCUT2D eigenvalue weighted by Crippen LogP contribution is -2.43. The van der Waals surface area contributed by atoms with E-state index in [1.165, 1.54) is 0 Å². The van der Waals surface area contributed by atoms with E-state index < -0.39 is 21.3 Å². The lowest BCUT2D eigenvalue weighted by Gasteiger charge is -2.23. The third-order valence-electron chi connectivity index (χ3n) is 1.57. The summed E-state index contributed by atoms with van der Waals surface area (Å²) in [6, 6.07) is 1.60. The molecule has 0 aliphatic rings. The van der Waals surface area contributed by atoms with Crippen molar-refractivity contribution in [3.05, 3.63) is 0 Å². The molecule has 4 nitrogen and oxygen atoms in total. The summed E-state index contributed by atoms with van der Waals surface area (Å²) in [5.41, 5.74) is -0.463. The van der Waals surface area contributed by atoms with Gasteiger partial charge in [-0.1, -0.05) is 6.92 Å². The molecule has 12 heavy (non-hydrogen) atoms. The van der Waals surface area contributed by atoms with Gasteiger partial charge in [-0.25, -0.2) is 13.1 Å². The van der Waals surface area contributed by atoms with Crippen LogP contribution in [0.4, 0.5) is 0 Å². The van der Waals surface area contributed by atoms with E-state index >= 15 is 0 Å². The van der Waals surface area contributed by atoms with Gasteiger partial charge in [0.25, 0.3) is 0 Å². The molecule has 0 saturated carbocycles. The van der Waals surface area contributed by atoms with Crippen LogP contribution < -0.4 is 4.72 Å². The molecule has 0 radical (unpaired) electrons. The lowest BCUT2D eigenvalue weighted by molar-refractivity contribution is 0.440. The number of nitriles is 1. The second-order valence-corrected chi connectivity index (χ2v) is 4.98. The van der Waals surface area contributed by atoms with E-state index in [1.807, 2.05) is 6.92 Å². The van der Waals surface area contributed by atoms with Crippen molar-refractivity contribution in [1.29, 1.82) is 5.26 Å². The summed E-state index contributed by atoms with van der Waals surface area (Å²) in [5.74, 6) is -0.476. The van der Waals surface area contributed by atoms with E-state index in [1.54, 1.807) is 19.9 Å². The van der Waals surface area contributed by atoms with Crippen molar-refractivity contribution < 1.29 is 8.42 Å². The molecule has 0 saturated heterocycles. The van der Waals surface area contributed by atoms with Crippen LogP contribution in [0.2, 0.25) is 0 Å². The first kappa shape index (κ1) is 11.4. The minimum atomic E-state index is -3.41. The predicted molar refractivity (Wildman–Crippen MR) is 46.9 cm³/mol. The Morgan fingerprint density at radius 1 is 1.50 bits per heavy atom. The van der Waals surface area contributed by atoms with Gasteiger partial charge in [-0.15, -0.1) is 0 Å². The van der Waals surface area contributed by atoms with E-state index in [9.17, 15) is 8.42 Å². The summed E-state index contributed by atoms with van der Waals surface area (Å²) in [6.07, 6.45) is 0.692. The Balaban J connectivity index is 4.38. The molecule has 5 heteroatoms. The van der Waals surface area contributed by atoms with Crippen molar-refractivity contribution in [2.24, 2.45) is 0 Å². The summed E-state index contributed by atoms with van der Waals surface area (Å²) in [5, 5.41) is 8.20. The zero-order valence-corrected chi connectivity index (χ0v) is 8.40. The second-order valence-electron chi connectivity index (χ2n) is 3.26. The highest BCUT2D eigenvalue weighted by Crippen LogP contribution is 2.08. The molecule has 0 fully saturated rings. The zero-order valence-electron chi connectivity index (χ0n) is 7.59. The fourth-order valence-corrected chi connectivity index (χ4v) is 1.84. The Bertz CT molecular complexity index is 274. The molecule has 0 rings (SSSR count). The molecule has 0 aromatic heterocycles. The highest BCUT2D eigenvalue weighted by molar-refractivity contribution is 7.89. The fourth-order valence-electron chi connectivity index (χ4n) is 0.614. The molecule has 0 aliphatic heterocycles. The smallest absolute Gasteiger partial charge is 0.211 e. The quantitative estimate of drug-likeness (QED) is 0.706. The van der Waals surface area contributed by atoms with Gasteiger partial charge in [0.2, 0.25) is 10.0 Å². The van der Waals surface area contributed by atoms with E-state index in [0.29, 0.717) is 6.42 Å². The van der Waals surface area contributed by atoms with E-state index in [0.717, 1.165) is 0 Å². The molecular formula is C7H14N2O2S. The molecule has 0 aliphatic carbocycles. The van der Waals surface area contributed by atoms with Crippen LogP contribution in [0.25, 0.3) is 0 Å². The van der Waals surface area contributed by atoms with Crippen LogP contribution in [0.1, 0.15) is 27.2 Å². The van der Waals surface area contributed by atoms with E-state index in [-0.39, 0.29) is 0 Å². The van der Waals surface area contributed by atoms with E-state index in [4.69, 9.17) is 5.26 Å². The molecule has 0 unspecified atom stereocenters. The number of sulfonamides is 1. The van der Waals surface area contributed by atoms with Gasteiger partial charge in [0.05, 0.1) is 6.07 Å². The first-order chi connectivity index (χ1) is 5.33. The molecule has 0 aromatic carbocycles. The van der Waals surface area contributed by atoms with Gasteiger partial charge >= 0.3 is 0 Å². The highest BCUT2D eigenvalue weighted by atomic mass is 32.2. The standard InChI is InChI=1S/C7H14N2O2S/c1-4-7(2,3)9-12(10,11)6-5-8/h9H,4,6H2,1-3H3. The normalized spacial score (nSPS) is 12.5. The maximum atomic E-state index is 11.1. The summed E-state index contributed by atoms with van der Waals surface area (Å²) >= 11 is 0. The maximum absolute atomic E-state index is 11.1. The molecule has 0 spiro atoms. The van der Waals surface area contributed by atoms with Gasteiger partial charge in [-0.2, -0.15) is 5.26 Å². The van der Waals surface area contributed by atoms with E-state index in [2.05, 4.69) is 4.72 Å². The number of hydrogen-bond donors (Lipinski definition) is 1. The molecule has 0 aromatic rings. The van der Waals surface area contributed by atoms with Crippen LogP contribution >= 0.6 is 0 Å². The topological polar surface area (TPSA) is 70.0 Å². The van der Waals surface area contributed by atoms with Gasteiger partial charge < -0.3 is 0 Å². The fraction of sp³-hybridized carbons (Fsp3) is 0.857. The minimum absolute atomic E-state index is 0.463.